The molecule has 0 amide bonds. The third kappa shape index (κ3) is 65.1. The number of ether oxygens (including phenoxy) is 4. The molecule has 0 aromatic heterocycles. The molecule has 0 radical (unpaired) electrons. The van der Waals surface area contributed by atoms with Crippen LogP contribution in [0, 0.1) is 17.8 Å². The molecular weight excluding hydrogens is 1200 g/mol. The molecule has 0 saturated heterocycles. The molecule has 0 aliphatic carbocycles. The monoisotopic (exact) mass is 1340 g/mol. The van der Waals surface area contributed by atoms with Gasteiger partial charge in [-0.3, -0.25) is 37.3 Å². The fourth-order valence-electron chi connectivity index (χ4n) is 10.9. The Balaban J connectivity index is 5.26. The summed E-state index contributed by atoms with van der Waals surface area (Å²) in [7, 11) is -9.91. The summed E-state index contributed by atoms with van der Waals surface area (Å²) in [6, 6.07) is 0. The third-order valence-electron chi connectivity index (χ3n) is 17.0. The Bertz CT molecular complexity index is 1790. The lowest BCUT2D eigenvalue weighted by Crippen LogP contribution is -2.30. The molecule has 0 saturated carbocycles. The number of phosphoric ester groups is 2. The zero-order valence-corrected chi connectivity index (χ0v) is 61.1. The number of carbonyl (C=O) groups is 4. The fourth-order valence-corrected chi connectivity index (χ4v) is 12.4. The van der Waals surface area contributed by atoms with Gasteiger partial charge in [0.05, 0.1) is 26.4 Å². The fraction of sp³-hybridized carbons (Fsp3) is 0.944. The molecule has 17 nitrogen and oxygen atoms in total. The van der Waals surface area contributed by atoms with Crippen LogP contribution < -0.4 is 0 Å². The lowest BCUT2D eigenvalue weighted by molar-refractivity contribution is -0.161. The molecular formula is C72H140O17P2. The van der Waals surface area contributed by atoms with Gasteiger partial charge in [0.15, 0.2) is 12.2 Å². The zero-order valence-electron chi connectivity index (χ0n) is 59.3. The topological polar surface area (TPSA) is 237 Å². The molecule has 0 aromatic carbocycles. The summed E-state index contributed by atoms with van der Waals surface area (Å²) in [5.41, 5.74) is 0. The predicted molar refractivity (Wildman–Crippen MR) is 368 cm³/mol. The summed E-state index contributed by atoms with van der Waals surface area (Å²) < 4.78 is 68.4. The molecule has 540 valence electrons. The molecule has 0 aliphatic heterocycles. The maximum Gasteiger partial charge on any atom is 0.472 e. The van der Waals surface area contributed by atoms with E-state index in [4.69, 9.17) is 37.0 Å². The van der Waals surface area contributed by atoms with Crippen LogP contribution in [0.3, 0.4) is 0 Å². The quantitative estimate of drug-likeness (QED) is 0.0222. The van der Waals surface area contributed by atoms with E-state index in [1.807, 2.05) is 0 Å². The summed E-state index contributed by atoms with van der Waals surface area (Å²) in [5, 5.41) is 10.6. The number of rotatable bonds is 70. The molecule has 0 aromatic rings. The SMILES string of the molecule is CCCCCCCCCCCCCCCCCC(=O)O[C@H](COC(=O)CCCCCCCCCCCCCC(C)C)COP(=O)(O)OC[C@@H](O)COP(=O)(O)OC[C@@H](COC(=O)CCCCCCCCCC(C)C)OC(=O)CCCCCCCCCCC(C)CC. The van der Waals surface area contributed by atoms with Gasteiger partial charge >= 0.3 is 39.5 Å². The minimum absolute atomic E-state index is 0.104. The minimum Gasteiger partial charge on any atom is -0.462 e. The first kappa shape index (κ1) is 89.1. The van der Waals surface area contributed by atoms with Crippen molar-refractivity contribution in [3.63, 3.8) is 0 Å². The van der Waals surface area contributed by atoms with Gasteiger partial charge in [-0.1, -0.05) is 312 Å². The maximum absolute atomic E-state index is 13.0. The van der Waals surface area contributed by atoms with Crippen LogP contribution in [-0.2, 0) is 65.4 Å². The normalized spacial score (nSPS) is 14.5. The largest absolute Gasteiger partial charge is 0.472 e. The molecule has 0 aliphatic rings. The van der Waals surface area contributed by atoms with E-state index in [1.165, 1.54) is 167 Å². The summed E-state index contributed by atoms with van der Waals surface area (Å²) in [4.78, 5) is 72.6. The van der Waals surface area contributed by atoms with E-state index in [-0.39, 0.29) is 25.7 Å². The number of carbonyl (C=O) groups excluding carboxylic acids is 4. The van der Waals surface area contributed by atoms with Crippen molar-refractivity contribution in [3.05, 3.63) is 0 Å². The molecule has 0 heterocycles. The Hall–Kier alpha value is -1.94. The number of hydrogen-bond acceptors (Lipinski definition) is 15. The minimum atomic E-state index is -4.95. The first-order chi connectivity index (χ1) is 43.8. The maximum atomic E-state index is 13.0. The average Bonchev–Trinajstić information content (AvgIpc) is 3.59. The second-order valence-electron chi connectivity index (χ2n) is 27.2. The van der Waals surface area contributed by atoms with Crippen molar-refractivity contribution in [2.24, 2.45) is 17.8 Å². The lowest BCUT2D eigenvalue weighted by Gasteiger charge is -2.21. The van der Waals surface area contributed by atoms with Gasteiger partial charge in [0.25, 0.3) is 0 Å². The van der Waals surface area contributed by atoms with Gasteiger partial charge in [-0.25, -0.2) is 9.13 Å². The van der Waals surface area contributed by atoms with E-state index in [9.17, 15) is 43.2 Å². The molecule has 19 heteroatoms. The number of phosphoric acid groups is 2. The molecule has 0 rings (SSSR count). The van der Waals surface area contributed by atoms with Gasteiger partial charge in [-0.2, -0.15) is 0 Å². The van der Waals surface area contributed by atoms with E-state index >= 15 is 0 Å². The van der Waals surface area contributed by atoms with Gasteiger partial charge in [-0.05, 0) is 43.4 Å². The Morgan fingerprint density at radius 1 is 0.319 bits per heavy atom. The van der Waals surface area contributed by atoms with Crippen LogP contribution in [0.5, 0.6) is 0 Å². The highest BCUT2D eigenvalue weighted by Gasteiger charge is 2.30. The van der Waals surface area contributed by atoms with Gasteiger partial charge in [-0.15, -0.1) is 0 Å². The number of unbranched alkanes of at least 4 members (excludes halogenated alkanes) is 37. The summed E-state index contributed by atoms with van der Waals surface area (Å²) in [6.07, 6.45) is 47.1. The summed E-state index contributed by atoms with van der Waals surface area (Å²) in [6.45, 7) is 11.8. The number of hydrogen-bond donors (Lipinski definition) is 3. The summed E-state index contributed by atoms with van der Waals surface area (Å²) >= 11 is 0. The number of aliphatic hydroxyl groups excluding tert-OH is 1. The highest BCUT2D eigenvalue weighted by Crippen LogP contribution is 2.45. The van der Waals surface area contributed by atoms with E-state index in [0.29, 0.717) is 31.6 Å². The molecule has 3 unspecified atom stereocenters. The van der Waals surface area contributed by atoms with Gasteiger partial charge in [0, 0.05) is 25.7 Å². The predicted octanol–water partition coefficient (Wildman–Crippen LogP) is 20.6. The molecule has 3 N–H and O–H groups in total. The standard InChI is InChI=1S/C72H140O17P2/c1-8-10-11-12-13-14-15-16-17-18-21-25-33-41-48-55-71(76)88-67(59-82-69(74)53-46-39-32-24-22-19-20-23-29-36-43-50-63(3)4)61-86-90(78,79)84-57-66(73)58-85-91(80,81)87-62-68(60-83-70(75)54-47-40-35-28-30-37-44-51-64(5)6)89-72(77)56-49-42-34-27-26-31-38-45-52-65(7)9-2/h63-68,73H,8-62H2,1-7H3,(H,78,79)(H,80,81)/t65?,66-,67-,68-/m1/s1. The molecule has 0 fully saturated rings. The van der Waals surface area contributed by atoms with Crippen molar-refractivity contribution < 1.29 is 80.2 Å². The van der Waals surface area contributed by atoms with Crippen molar-refractivity contribution in [1.82, 2.24) is 0 Å². The lowest BCUT2D eigenvalue weighted by atomic mass is 9.99. The van der Waals surface area contributed by atoms with Gasteiger partial charge in [0.1, 0.15) is 19.3 Å². The summed E-state index contributed by atoms with van der Waals surface area (Å²) in [5.74, 6) is 0.121. The Labute approximate surface area is 556 Å². The highest BCUT2D eigenvalue weighted by molar-refractivity contribution is 7.47. The van der Waals surface area contributed by atoms with Crippen LogP contribution >= 0.6 is 15.6 Å². The average molecular weight is 1340 g/mol. The highest BCUT2D eigenvalue weighted by atomic mass is 31.2. The van der Waals surface area contributed by atoms with E-state index in [1.54, 1.807) is 0 Å². The molecule has 0 bridgehead atoms. The molecule has 0 spiro atoms. The van der Waals surface area contributed by atoms with Gasteiger partial charge < -0.3 is 33.8 Å². The Morgan fingerprint density at radius 3 is 0.835 bits per heavy atom. The number of aliphatic hydroxyl groups is 1. The van der Waals surface area contributed by atoms with Gasteiger partial charge in [0.2, 0.25) is 0 Å². The first-order valence-corrected chi connectivity index (χ1v) is 40.4. The molecule has 6 atom stereocenters. The first-order valence-electron chi connectivity index (χ1n) is 37.4. The molecule has 91 heavy (non-hydrogen) atoms. The van der Waals surface area contributed by atoms with Crippen molar-refractivity contribution in [3.8, 4) is 0 Å². The Kier molecular flexibility index (Phi) is 61.5. The zero-order chi connectivity index (χ0) is 67.3. The third-order valence-corrected chi connectivity index (χ3v) is 18.9. The van der Waals surface area contributed by atoms with Crippen LogP contribution in [0.4, 0.5) is 0 Å². The van der Waals surface area contributed by atoms with E-state index < -0.39 is 97.5 Å². The smallest absolute Gasteiger partial charge is 0.462 e. The van der Waals surface area contributed by atoms with Crippen molar-refractivity contribution in [1.29, 1.82) is 0 Å². The van der Waals surface area contributed by atoms with Crippen LogP contribution in [-0.4, -0.2) is 96.7 Å². The van der Waals surface area contributed by atoms with E-state index in [2.05, 4.69) is 48.5 Å². The Morgan fingerprint density at radius 2 is 0.560 bits per heavy atom. The second kappa shape index (κ2) is 62.8. The van der Waals surface area contributed by atoms with Crippen LogP contribution in [0.15, 0.2) is 0 Å². The van der Waals surface area contributed by atoms with Crippen LogP contribution in [0.25, 0.3) is 0 Å². The van der Waals surface area contributed by atoms with Crippen LogP contribution in [0.2, 0.25) is 0 Å². The van der Waals surface area contributed by atoms with Crippen molar-refractivity contribution in [2.75, 3.05) is 39.6 Å². The van der Waals surface area contributed by atoms with E-state index in [0.717, 1.165) is 108 Å². The van der Waals surface area contributed by atoms with Crippen LogP contribution in [0.1, 0.15) is 363 Å². The van der Waals surface area contributed by atoms with Crippen molar-refractivity contribution in [2.45, 2.75) is 381 Å². The number of esters is 4. The second-order valence-corrected chi connectivity index (χ2v) is 30.1. The van der Waals surface area contributed by atoms with Crippen molar-refractivity contribution >= 4 is 39.5 Å².